The third-order valence-corrected chi connectivity index (χ3v) is 5.45. The zero-order valence-electron chi connectivity index (χ0n) is 17.9. The highest BCUT2D eigenvalue weighted by Gasteiger charge is 2.21. The van der Waals surface area contributed by atoms with Crippen molar-refractivity contribution in [3.63, 3.8) is 0 Å². The van der Waals surface area contributed by atoms with Crippen molar-refractivity contribution in [2.45, 2.75) is 33.2 Å². The number of carbonyl (C=O) groups is 1. The maximum atomic E-state index is 13.1. The number of nitrogens with zero attached hydrogens (tertiary/aromatic N) is 2. The van der Waals surface area contributed by atoms with E-state index in [1.807, 2.05) is 58.2 Å². The summed E-state index contributed by atoms with van der Waals surface area (Å²) in [5.41, 5.74) is 3.80. The van der Waals surface area contributed by atoms with Crippen LogP contribution in [-0.2, 0) is 11.3 Å². The SMILES string of the molecule is COc1ccc2cc([C@H](C)C(=O)N(C)Cc3ncc(C)c(OC)c3C)ccc2c1. The Morgan fingerprint density at radius 2 is 1.76 bits per heavy atom. The highest BCUT2D eigenvalue weighted by molar-refractivity contribution is 5.88. The number of hydrogen-bond donors (Lipinski definition) is 0. The van der Waals surface area contributed by atoms with Crippen LogP contribution in [0.15, 0.2) is 42.6 Å². The number of fused-ring (bicyclic) bond motifs is 1. The molecule has 3 aromatic rings. The van der Waals surface area contributed by atoms with Crippen molar-refractivity contribution in [3.8, 4) is 11.5 Å². The fourth-order valence-electron chi connectivity index (χ4n) is 3.64. The van der Waals surface area contributed by atoms with Crippen LogP contribution in [0.2, 0.25) is 0 Å². The van der Waals surface area contributed by atoms with Gasteiger partial charge in [0.1, 0.15) is 11.5 Å². The Bertz CT molecular complexity index is 1050. The number of aryl methyl sites for hydroxylation is 1. The molecule has 0 aliphatic rings. The van der Waals surface area contributed by atoms with Gasteiger partial charge in [0.2, 0.25) is 5.91 Å². The minimum Gasteiger partial charge on any atom is -0.497 e. The lowest BCUT2D eigenvalue weighted by Gasteiger charge is -2.23. The quantitative estimate of drug-likeness (QED) is 0.614. The van der Waals surface area contributed by atoms with Crippen LogP contribution >= 0.6 is 0 Å². The molecule has 0 N–H and O–H groups in total. The molecule has 152 valence electrons. The van der Waals surface area contributed by atoms with E-state index in [1.165, 1.54) is 0 Å². The van der Waals surface area contributed by atoms with Crippen molar-refractivity contribution < 1.29 is 14.3 Å². The van der Waals surface area contributed by atoms with Gasteiger partial charge in [-0.15, -0.1) is 0 Å². The van der Waals surface area contributed by atoms with Gasteiger partial charge in [0.15, 0.2) is 0 Å². The Hall–Kier alpha value is -3.08. The Labute approximate surface area is 172 Å². The first-order valence-electron chi connectivity index (χ1n) is 9.67. The summed E-state index contributed by atoms with van der Waals surface area (Å²) in [5.74, 6) is 1.46. The van der Waals surface area contributed by atoms with E-state index >= 15 is 0 Å². The monoisotopic (exact) mass is 392 g/mol. The van der Waals surface area contributed by atoms with Gasteiger partial charge in [-0.25, -0.2) is 0 Å². The van der Waals surface area contributed by atoms with E-state index in [0.717, 1.165) is 44.7 Å². The number of ether oxygens (including phenoxy) is 2. The van der Waals surface area contributed by atoms with Gasteiger partial charge in [-0.2, -0.15) is 0 Å². The van der Waals surface area contributed by atoms with Crippen LogP contribution in [0.5, 0.6) is 11.5 Å². The van der Waals surface area contributed by atoms with E-state index in [0.29, 0.717) is 6.54 Å². The number of methoxy groups -OCH3 is 2. The maximum Gasteiger partial charge on any atom is 0.229 e. The first-order chi connectivity index (χ1) is 13.8. The van der Waals surface area contributed by atoms with Gasteiger partial charge < -0.3 is 14.4 Å². The Kier molecular flexibility index (Phi) is 6.06. The predicted octanol–water partition coefficient (Wildman–Crippen LogP) is 4.63. The average molecular weight is 392 g/mol. The minimum absolute atomic E-state index is 0.0543. The van der Waals surface area contributed by atoms with Gasteiger partial charge in [0, 0.05) is 24.4 Å². The molecule has 0 bridgehead atoms. The largest absolute Gasteiger partial charge is 0.497 e. The zero-order chi connectivity index (χ0) is 21.1. The van der Waals surface area contributed by atoms with E-state index in [1.54, 1.807) is 25.3 Å². The molecule has 0 fully saturated rings. The molecule has 1 aromatic heterocycles. The van der Waals surface area contributed by atoms with Crippen LogP contribution in [0, 0.1) is 13.8 Å². The number of carbonyl (C=O) groups excluding carboxylic acids is 1. The number of amides is 1. The highest BCUT2D eigenvalue weighted by atomic mass is 16.5. The maximum absolute atomic E-state index is 13.1. The summed E-state index contributed by atoms with van der Waals surface area (Å²) in [6.07, 6.45) is 1.79. The smallest absolute Gasteiger partial charge is 0.229 e. The van der Waals surface area contributed by atoms with Gasteiger partial charge in [-0.3, -0.25) is 9.78 Å². The van der Waals surface area contributed by atoms with Crippen LogP contribution in [0.4, 0.5) is 0 Å². The molecule has 0 saturated carbocycles. The van der Waals surface area contributed by atoms with Crippen LogP contribution < -0.4 is 9.47 Å². The summed E-state index contributed by atoms with van der Waals surface area (Å²) >= 11 is 0. The summed E-state index contributed by atoms with van der Waals surface area (Å²) in [7, 11) is 5.13. The fraction of sp³-hybridized carbons (Fsp3) is 0.333. The van der Waals surface area contributed by atoms with Gasteiger partial charge in [-0.05, 0) is 49.2 Å². The van der Waals surface area contributed by atoms with Gasteiger partial charge >= 0.3 is 0 Å². The standard InChI is InChI=1S/C24H28N2O3/c1-15-13-25-22(17(3)23(15)29-6)14-26(4)24(27)16(2)18-7-8-20-12-21(28-5)10-9-19(20)11-18/h7-13,16H,14H2,1-6H3/t16-/m0/s1. The molecule has 0 unspecified atom stereocenters. The lowest BCUT2D eigenvalue weighted by Crippen LogP contribution is -2.30. The van der Waals surface area contributed by atoms with E-state index in [4.69, 9.17) is 9.47 Å². The molecule has 29 heavy (non-hydrogen) atoms. The molecule has 0 aliphatic carbocycles. The number of hydrogen-bond acceptors (Lipinski definition) is 4. The molecule has 1 amide bonds. The number of likely N-dealkylation sites (N-methyl/N-ethyl adjacent to an activating group) is 1. The topological polar surface area (TPSA) is 51.7 Å². The molecule has 5 nitrogen and oxygen atoms in total. The number of rotatable bonds is 6. The molecule has 1 heterocycles. The average Bonchev–Trinajstić information content (AvgIpc) is 2.74. The lowest BCUT2D eigenvalue weighted by atomic mass is 9.96. The van der Waals surface area contributed by atoms with Crippen LogP contribution in [0.1, 0.15) is 35.2 Å². The van der Waals surface area contributed by atoms with Crippen molar-refractivity contribution in [1.82, 2.24) is 9.88 Å². The summed E-state index contributed by atoms with van der Waals surface area (Å²) in [6, 6.07) is 12.1. The van der Waals surface area contributed by atoms with E-state index in [9.17, 15) is 4.79 Å². The third kappa shape index (κ3) is 4.19. The highest BCUT2D eigenvalue weighted by Crippen LogP contribution is 2.28. The van der Waals surface area contributed by atoms with Crippen molar-refractivity contribution in [2.75, 3.05) is 21.3 Å². The van der Waals surface area contributed by atoms with Gasteiger partial charge in [0.05, 0.1) is 32.4 Å². The molecule has 1 atom stereocenters. The van der Waals surface area contributed by atoms with Crippen molar-refractivity contribution in [2.24, 2.45) is 0 Å². The molecule has 0 saturated heterocycles. The molecule has 0 aliphatic heterocycles. The second-order valence-corrected chi connectivity index (χ2v) is 7.43. The van der Waals surface area contributed by atoms with E-state index in [-0.39, 0.29) is 11.8 Å². The Balaban J connectivity index is 1.80. The second kappa shape index (κ2) is 8.52. The van der Waals surface area contributed by atoms with E-state index in [2.05, 4.69) is 11.1 Å². The molecule has 0 radical (unpaired) electrons. The predicted molar refractivity (Wildman–Crippen MR) is 116 cm³/mol. The van der Waals surface area contributed by atoms with Gasteiger partial charge in [-0.1, -0.05) is 24.3 Å². The molecular formula is C24H28N2O3. The lowest BCUT2D eigenvalue weighted by molar-refractivity contribution is -0.131. The Morgan fingerprint density at radius 1 is 1.07 bits per heavy atom. The van der Waals surface area contributed by atoms with Crippen LogP contribution in [-0.4, -0.2) is 37.1 Å². The summed E-state index contributed by atoms with van der Waals surface area (Å²) in [4.78, 5) is 19.3. The molecule has 0 spiro atoms. The second-order valence-electron chi connectivity index (χ2n) is 7.43. The summed E-state index contributed by atoms with van der Waals surface area (Å²) in [6.45, 7) is 6.33. The van der Waals surface area contributed by atoms with Gasteiger partial charge in [0.25, 0.3) is 0 Å². The molecule has 3 rings (SSSR count). The first kappa shape index (κ1) is 20.6. The summed E-state index contributed by atoms with van der Waals surface area (Å²) < 4.78 is 10.8. The number of pyridine rings is 1. The first-order valence-corrected chi connectivity index (χ1v) is 9.67. The normalized spacial score (nSPS) is 11.9. The summed E-state index contributed by atoms with van der Waals surface area (Å²) in [5, 5.41) is 2.18. The van der Waals surface area contributed by atoms with E-state index < -0.39 is 0 Å². The number of aromatic nitrogens is 1. The van der Waals surface area contributed by atoms with Crippen LogP contribution in [0.25, 0.3) is 10.8 Å². The minimum atomic E-state index is -0.251. The zero-order valence-corrected chi connectivity index (χ0v) is 17.9. The number of benzene rings is 2. The van der Waals surface area contributed by atoms with Crippen molar-refractivity contribution in [1.29, 1.82) is 0 Å². The molecule has 5 heteroatoms. The van der Waals surface area contributed by atoms with Crippen LogP contribution in [0.3, 0.4) is 0 Å². The molecular weight excluding hydrogens is 364 g/mol. The fourth-order valence-corrected chi connectivity index (χ4v) is 3.64. The third-order valence-electron chi connectivity index (χ3n) is 5.45. The molecule has 2 aromatic carbocycles. The van der Waals surface area contributed by atoms with Crippen molar-refractivity contribution in [3.05, 3.63) is 65.0 Å². The Morgan fingerprint density at radius 3 is 2.45 bits per heavy atom. The van der Waals surface area contributed by atoms with Crippen molar-refractivity contribution >= 4 is 16.7 Å².